The van der Waals surface area contributed by atoms with Crippen LogP contribution in [-0.2, 0) is 11.0 Å². The van der Waals surface area contributed by atoms with Gasteiger partial charge < -0.3 is 14.5 Å². The van der Waals surface area contributed by atoms with E-state index in [1.54, 1.807) is 11.8 Å². The number of benzene rings is 2. The molecular weight excluding hydrogens is 457 g/mol. The summed E-state index contributed by atoms with van der Waals surface area (Å²) in [5.41, 5.74) is 3.37. The van der Waals surface area contributed by atoms with Gasteiger partial charge in [-0.25, -0.2) is 0 Å². The SMILES string of the molecule is Cc1ccc(-c2ccc(N3CCN(C(=O)C(C)Oc4cccc(C(F)(F)F)c4)CC3)nn2)c(C)c1. The molecule has 35 heavy (non-hydrogen) atoms. The first-order valence-corrected chi connectivity index (χ1v) is 11.4. The predicted molar refractivity (Wildman–Crippen MR) is 127 cm³/mol. The van der Waals surface area contributed by atoms with Crippen LogP contribution in [0.1, 0.15) is 23.6 Å². The quantitative estimate of drug-likeness (QED) is 0.516. The van der Waals surface area contributed by atoms with Gasteiger partial charge in [0.1, 0.15) is 5.75 Å². The van der Waals surface area contributed by atoms with Gasteiger partial charge in [0.15, 0.2) is 11.9 Å². The first-order chi connectivity index (χ1) is 16.6. The number of alkyl halides is 3. The second-order valence-electron chi connectivity index (χ2n) is 8.69. The highest BCUT2D eigenvalue weighted by Crippen LogP contribution is 2.31. The normalized spacial score (nSPS) is 15.1. The molecule has 6 nitrogen and oxygen atoms in total. The molecule has 0 spiro atoms. The number of rotatable bonds is 5. The van der Waals surface area contributed by atoms with Gasteiger partial charge in [0, 0.05) is 31.7 Å². The van der Waals surface area contributed by atoms with Crippen LogP contribution in [0.4, 0.5) is 19.0 Å². The van der Waals surface area contributed by atoms with Crippen molar-refractivity contribution in [3.05, 3.63) is 71.3 Å². The van der Waals surface area contributed by atoms with Crippen LogP contribution in [0.15, 0.2) is 54.6 Å². The van der Waals surface area contributed by atoms with E-state index in [0.717, 1.165) is 34.8 Å². The molecule has 184 valence electrons. The highest BCUT2D eigenvalue weighted by Gasteiger charge is 2.31. The van der Waals surface area contributed by atoms with E-state index in [1.807, 2.05) is 38.1 Å². The van der Waals surface area contributed by atoms with Crippen LogP contribution in [0.5, 0.6) is 5.75 Å². The Bertz CT molecular complexity index is 1190. The highest BCUT2D eigenvalue weighted by atomic mass is 19.4. The molecule has 4 rings (SSSR count). The Balaban J connectivity index is 1.34. The lowest BCUT2D eigenvalue weighted by molar-refractivity contribution is -0.138. The zero-order chi connectivity index (χ0) is 25.2. The summed E-state index contributed by atoms with van der Waals surface area (Å²) in [6, 6.07) is 14.6. The van der Waals surface area contributed by atoms with Gasteiger partial charge in [0.25, 0.3) is 5.91 Å². The molecule has 2 heterocycles. The van der Waals surface area contributed by atoms with E-state index in [0.29, 0.717) is 26.2 Å². The van der Waals surface area contributed by atoms with Gasteiger partial charge in [-0.3, -0.25) is 4.79 Å². The van der Waals surface area contributed by atoms with E-state index in [1.165, 1.54) is 17.7 Å². The number of piperazine rings is 1. The fourth-order valence-corrected chi connectivity index (χ4v) is 4.15. The standard InChI is InChI=1S/C26H27F3N4O2/c1-17-7-8-22(18(2)15-17)23-9-10-24(31-30-23)32-11-13-33(14-12-32)25(34)19(3)35-21-6-4-5-20(16-21)26(27,28)29/h4-10,15-16,19H,11-14H2,1-3H3. The van der Waals surface area contributed by atoms with Crippen LogP contribution in [0, 0.1) is 13.8 Å². The molecule has 9 heteroatoms. The maximum absolute atomic E-state index is 12.9. The summed E-state index contributed by atoms with van der Waals surface area (Å²) in [5.74, 6) is 0.482. The lowest BCUT2D eigenvalue weighted by Gasteiger charge is -2.36. The molecule has 1 saturated heterocycles. The summed E-state index contributed by atoms with van der Waals surface area (Å²) < 4.78 is 44.3. The second kappa shape index (κ2) is 9.93. The lowest BCUT2D eigenvalue weighted by Crippen LogP contribution is -2.52. The van der Waals surface area contributed by atoms with Crippen molar-refractivity contribution in [1.29, 1.82) is 0 Å². The number of aryl methyl sites for hydroxylation is 2. The van der Waals surface area contributed by atoms with Crippen molar-refractivity contribution < 1.29 is 22.7 Å². The number of hydrogen-bond acceptors (Lipinski definition) is 5. The zero-order valence-corrected chi connectivity index (χ0v) is 19.8. The van der Waals surface area contributed by atoms with Crippen LogP contribution in [0.25, 0.3) is 11.3 Å². The molecule has 1 aromatic heterocycles. The van der Waals surface area contributed by atoms with Gasteiger partial charge in [-0.1, -0.05) is 29.8 Å². The first-order valence-electron chi connectivity index (χ1n) is 11.4. The number of anilines is 1. The molecule has 1 unspecified atom stereocenters. The zero-order valence-electron chi connectivity index (χ0n) is 19.8. The van der Waals surface area contributed by atoms with Gasteiger partial charge in [-0.2, -0.15) is 13.2 Å². The lowest BCUT2D eigenvalue weighted by atomic mass is 10.0. The molecule has 0 saturated carbocycles. The van der Waals surface area contributed by atoms with Crippen LogP contribution in [-0.4, -0.2) is 53.3 Å². The first kappa shape index (κ1) is 24.5. The smallest absolute Gasteiger partial charge is 0.416 e. The number of hydrogen-bond donors (Lipinski definition) is 0. The van der Waals surface area contributed by atoms with Crippen molar-refractivity contribution in [3.8, 4) is 17.0 Å². The van der Waals surface area contributed by atoms with Gasteiger partial charge in [-0.15, -0.1) is 10.2 Å². The van der Waals surface area contributed by atoms with E-state index >= 15 is 0 Å². The molecule has 3 aromatic rings. The molecule has 0 radical (unpaired) electrons. The Labute approximate surface area is 202 Å². The number of amides is 1. The second-order valence-corrected chi connectivity index (χ2v) is 8.69. The van der Waals surface area contributed by atoms with Crippen molar-refractivity contribution in [3.63, 3.8) is 0 Å². The fourth-order valence-electron chi connectivity index (χ4n) is 4.15. The number of carbonyl (C=O) groups excluding carboxylic acids is 1. The third-order valence-corrected chi connectivity index (χ3v) is 6.05. The molecule has 0 aliphatic carbocycles. The Morgan fingerprint density at radius 1 is 0.971 bits per heavy atom. The molecule has 2 aromatic carbocycles. The largest absolute Gasteiger partial charge is 0.481 e. The van der Waals surface area contributed by atoms with Gasteiger partial charge in [0.2, 0.25) is 0 Å². The number of ether oxygens (including phenoxy) is 1. The summed E-state index contributed by atoms with van der Waals surface area (Å²) >= 11 is 0. The van der Waals surface area contributed by atoms with Crippen LogP contribution >= 0.6 is 0 Å². The average molecular weight is 485 g/mol. The molecule has 1 aliphatic rings. The molecular formula is C26H27F3N4O2. The summed E-state index contributed by atoms with van der Waals surface area (Å²) in [4.78, 5) is 16.5. The van der Waals surface area contributed by atoms with Crippen molar-refractivity contribution >= 4 is 11.7 Å². The maximum atomic E-state index is 12.9. The van der Waals surface area contributed by atoms with Gasteiger partial charge in [-0.05, 0) is 56.7 Å². The molecule has 1 atom stereocenters. The fraction of sp³-hybridized carbons (Fsp3) is 0.346. The minimum atomic E-state index is -4.47. The summed E-state index contributed by atoms with van der Waals surface area (Å²) in [6.45, 7) is 7.69. The van der Waals surface area contributed by atoms with E-state index in [-0.39, 0.29) is 11.7 Å². The van der Waals surface area contributed by atoms with Crippen molar-refractivity contribution in [1.82, 2.24) is 15.1 Å². The topological polar surface area (TPSA) is 58.6 Å². The Morgan fingerprint density at radius 2 is 1.71 bits per heavy atom. The Kier molecular flexibility index (Phi) is 6.95. The molecule has 1 amide bonds. The predicted octanol–water partition coefficient (Wildman–Crippen LogP) is 4.90. The number of aromatic nitrogens is 2. The summed E-state index contributed by atoms with van der Waals surface area (Å²) in [5, 5.41) is 8.78. The number of nitrogens with zero attached hydrogens (tertiary/aromatic N) is 4. The van der Waals surface area contributed by atoms with Crippen LogP contribution in [0.2, 0.25) is 0 Å². The minimum Gasteiger partial charge on any atom is -0.481 e. The monoisotopic (exact) mass is 484 g/mol. The Morgan fingerprint density at radius 3 is 2.34 bits per heavy atom. The maximum Gasteiger partial charge on any atom is 0.416 e. The minimum absolute atomic E-state index is 0.0125. The van der Waals surface area contributed by atoms with Crippen LogP contribution < -0.4 is 9.64 Å². The van der Waals surface area contributed by atoms with Crippen LogP contribution in [0.3, 0.4) is 0 Å². The number of halogens is 3. The Hall–Kier alpha value is -3.62. The van der Waals surface area contributed by atoms with Crippen molar-refractivity contribution in [2.45, 2.75) is 33.1 Å². The number of carbonyl (C=O) groups is 1. The molecule has 0 bridgehead atoms. The van der Waals surface area contributed by atoms with Crippen molar-refractivity contribution in [2.24, 2.45) is 0 Å². The molecule has 0 N–H and O–H groups in total. The molecule has 1 fully saturated rings. The summed E-state index contributed by atoms with van der Waals surface area (Å²) in [7, 11) is 0. The van der Waals surface area contributed by atoms with Gasteiger partial charge in [0.05, 0.1) is 11.3 Å². The van der Waals surface area contributed by atoms with Gasteiger partial charge >= 0.3 is 6.18 Å². The third kappa shape index (κ3) is 5.72. The average Bonchev–Trinajstić information content (AvgIpc) is 2.83. The van der Waals surface area contributed by atoms with E-state index < -0.39 is 17.8 Å². The van der Waals surface area contributed by atoms with E-state index in [9.17, 15) is 18.0 Å². The molecule has 1 aliphatic heterocycles. The van der Waals surface area contributed by atoms with E-state index in [4.69, 9.17) is 4.74 Å². The summed E-state index contributed by atoms with van der Waals surface area (Å²) in [6.07, 6.45) is -5.37. The third-order valence-electron chi connectivity index (χ3n) is 6.05. The van der Waals surface area contributed by atoms with E-state index in [2.05, 4.69) is 21.2 Å². The highest BCUT2D eigenvalue weighted by molar-refractivity contribution is 5.81. The van der Waals surface area contributed by atoms with Crippen molar-refractivity contribution in [2.75, 3.05) is 31.1 Å².